The first-order valence-electron chi connectivity index (χ1n) is 3.45. The van der Waals surface area contributed by atoms with Gasteiger partial charge in [-0.3, -0.25) is 0 Å². The van der Waals surface area contributed by atoms with E-state index < -0.39 is 0 Å². The van der Waals surface area contributed by atoms with Crippen LogP contribution in [0.2, 0.25) is 0 Å². The van der Waals surface area contributed by atoms with Gasteiger partial charge in [-0.2, -0.15) is 12.6 Å². The Kier molecular flexibility index (Phi) is 2.39. The van der Waals surface area contributed by atoms with Gasteiger partial charge in [0, 0.05) is 5.25 Å². The lowest BCUT2D eigenvalue weighted by Gasteiger charge is -2.03. The van der Waals surface area contributed by atoms with Crippen LogP contribution in [0.4, 0.5) is 0 Å². The molecule has 0 aliphatic rings. The molecular weight excluding hydrogens is 140 g/mol. The molecule has 0 spiro atoms. The van der Waals surface area contributed by atoms with Crippen molar-refractivity contribution in [3.05, 3.63) is 35.4 Å². The van der Waals surface area contributed by atoms with E-state index in [0.717, 1.165) is 0 Å². The highest BCUT2D eigenvalue weighted by Gasteiger charge is 1.96. The molecule has 10 heavy (non-hydrogen) atoms. The maximum atomic E-state index is 4.33. The summed E-state index contributed by atoms with van der Waals surface area (Å²) in [6, 6.07) is 8.43. The molecular formula is C9H12S. The Morgan fingerprint density at radius 1 is 1.40 bits per heavy atom. The molecule has 0 aliphatic heterocycles. The van der Waals surface area contributed by atoms with Crippen molar-refractivity contribution in [2.24, 2.45) is 0 Å². The van der Waals surface area contributed by atoms with Crippen LogP contribution in [0, 0.1) is 6.92 Å². The van der Waals surface area contributed by atoms with Gasteiger partial charge < -0.3 is 0 Å². The summed E-state index contributed by atoms with van der Waals surface area (Å²) in [5.74, 6) is 0. The third-order valence-electron chi connectivity index (χ3n) is 1.52. The third-order valence-corrected chi connectivity index (χ3v) is 1.82. The van der Waals surface area contributed by atoms with Crippen molar-refractivity contribution in [1.29, 1.82) is 0 Å². The van der Waals surface area contributed by atoms with Gasteiger partial charge in [-0.25, -0.2) is 0 Å². The van der Waals surface area contributed by atoms with E-state index in [1.54, 1.807) is 0 Å². The van der Waals surface area contributed by atoms with Gasteiger partial charge in [0.05, 0.1) is 0 Å². The van der Waals surface area contributed by atoms with Gasteiger partial charge in [-0.15, -0.1) is 0 Å². The van der Waals surface area contributed by atoms with Gasteiger partial charge in [0.2, 0.25) is 0 Å². The van der Waals surface area contributed by atoms with Crippen molar-refractivity contribution in [2.45, 2.75) is 19.1 Å². The van der Waals surface area contributed by atoms with E-state index in [-0.39, 0.29) is 0 Å². The Balaban J connectivity index is 2.96. The second kappa shape index (κ2) is 3.11. The van der Waals surface area contributed by atoms with E-state index >= 15 is 0 Å². The number of thiol groups is 1. The monoisotopic (exact) mass is 152 g/mol. The van der Waals surface area contributed by atoms with Crippen molar-refractivity contribution in [2.75, 3.05) is 0 Å². The van der Waals surface area contributed by atoms with E-state index in [0.29, 0.717) is 5.25 Å². The normalized spacial score (nSPS) is 13.1. The molecule has 1 aromatic rings. The maximum absolute atomic E-state index is 4.33. The first-order chi connectivity index (χ1) is 4.70. The Morgan fingerprint density at radius 2 is 2.10 bits per heavy atom. The van der Waals surface area contributed by atoms with E-state index in [1.807, 2.05) is 0 Å². The molecule has 0 unspecified atom stereocenters. The summed E-state index contributed by atoms with van der Waals surface area (Å²) < 4.78 is 0. The van der Waals surface area contributed by atoms with Gasteiger partial charge >= 0.3 is 0 Å². The predicted octanol–water partition coefficient (Wildman–Crippen LogP) is 2.99. The number of hydrogen-bond donors (Lipinski definition) is 1. The van der Waals surface area contributed by atoms with Gasteiger partial charge in [0.1, 0.15) is 0 Å². The molecule has 1 heteroatoms. The number of aryl methyl sites for hydroxylation is 1. The second-order valence-electron chi connectivity index (χ2n) is 2.59. The lowest BCUT2D eigenvalue weighted by Crippen LogP contribution is -1.83. The Hall–Kier alpha value is -0.430. The molecule has 0 heterocycles. The fraction of sp³-hybridized carbons (Fsp3) is 0.333. The molecule has 0 N–H and O–H groups in total. The molecule has 0 bridgehead atoms. The van der Waals surface area contributed by atoms with Crippen LogP contribution in [-0.4, -0.2) is 0 Å². The van der Waals surface area contributed by atoms with Gasteiger partial charge in [-0.1, -0.05) is 29.8 Å². The summed E-state index contributed by atoms with van der Waals surface area (Å²) in [7, 11) is 0. The van der Waals surface area contributed by atoms with Crippen LogP contribution in [0.15, 0.2) is 24.3 Å². The zero-order valence-electron chi connectivity index (χ0n) is 6.33. The molecule has 0 amide bonds. The smallest absolute Gasteiger partial charge is 0.0238 e. The molecule has 54 valence electrons. The SMILES string of the molecule is Cc1cccc([C@H](C)S)c1. The molecule has 0 radical (unpaired) electrons. The number of rotatable bonds is 1. The fourth-order valence-corrected chi connectivity index (χ4v) is 1.09. The number of benzene rings is 1. The van der Waals surface area contributed by atoms with Crippen LogP contribution in [-0.2, 0) is 0 Å². The van der Waals surface area contributed by atoms with Crippen LogP contribution in [0.5, 0.6) is 0 Å². The molecule has 0 nitrogen and oxygen atoms in total. The molecule has 0 aromatic heterocycles. The summed E-state index contributed by atoms with van der Waals surface area (Å²) in [4.78, 5) is 0. The zero-order chi connectivity index (χ0) is 7.56. The third kappa shape index (κ3) is 1.77. The Labute approximate surface area is 67.7 Å². The minimum Gasteiger partial charge on any atom is -0.171 e. The fourth-order valence-electron chi connectivity index (χ4n) is 0.930. The van der Waals surface area contributed by atoms with Gasteiger partial charge in [0.15, 0.2) is 0 Å². The van der Waals surface area contributed by atoms with Crippen LogP contribution in [0.1, 0.15) is 23.3 Å². The molecule has 1 rings (SSSR count). The lowest BCUT2D eigenvalue weighted by atomic mass is 10.1. The van der Waals surface area contributed by atoms with Crippen LogP contribution in [0.25, 0.3) is 0 Å². The van der Waals surface area contributed by atoms with E-state index in [2.05, 4.69) is 50.7 Å². The Bertz CT molecular complexity index is 216. The largest absolute Gasteiger partial charge is 0.171 e. The standard InChI is InChI=1S/C9H12S/c1-7-4-3-5-9(6-7)8(2)10/h3-6,8,10H,1-2H3/t8-/m0/s1. The van der Waals surface area contributed by atoms with Crippen LogP contribution in [0.3, 0.4) is 0 Å². The predicted molar refractivity (Wildman–Crippen MR) is 48.6 cm³/mol. The van der Waals surface area contributed by atoms with Crippen molar-refractivity contribution in [3.8, 4) is 0 Å². The van der Waals surface area contributed by atoms with Gasteiger partial charge in [0.25, 0.3) is 0 Å². The quantitative estimate of drug-likeness (QED) is 0.588. The molecule has 1 aromatic carbocycles. The van der Waals surface area contributed by atoms with Crippen molar-refractivity contribution in [1.82, 2.24) is 0 Å². The first-order valence-corrected chi connectivity index (χ1v) is 3.96. The average molecular weight is 152 g/mol. The lowest BCUT2D eigenvalue weighted by molar-refractivity contribution is 1.10. The molecule has 0 saturated carbocycles. The van der Waals surface area contributed by atoms with E-state index in [9.17, 15) is 0 Å². The highest BCUT2D eigenvalue weighted by Crippen LogP contribution is 2.18. The highest BCUT2D eigenvalue weighted by atomic mass is 32.1. The van der Waals surface area contributed by atoms with Crippen molar-refractivity contribution in [3.63, 3.8) is 0 Å². The van der Waals surface area contributed by atoms with Gasteiger partial charge in [-0.05, 0) is 19.4 Å². The molecule has 0 fully saturated rings. The zero-order valence-corrected chi connectivity index (χ0v) is 7.23. The summed E-state index contributed by atoms with van der Waals surface area (Å²) in [6.07, 6.45) is 0. The van der Waals surface area contributed by atoms with Crippen LogP contribution < -0.4 is 0 Å². The Morgan fingerprint density at radius 3 is 2.50 bits per heavy atom. The summed E-state index contributed by atoms with van der Waals surface area (Å²) >= 11 is 4.33. The molecule has 0 aliphatic carbocycles. The second-order valence-corrected chi connectivity index (χ2v) is 3.36. The molecule has 0 saturated heterocycles. The first kappa shape index (κ1) is 7.67. The minimum atomic E-state index is 0.347. The van der Waals surface area contributed by atoms with Crippen LogP contribution >= 0.6 is 12.6 Å². The maximum Gasteiger partial charge on any atom is 0.0238 e. The highest BCUT2D eigenvalue weighted by molar-refractivity contribution is 7.80. The summed E-state index contributed by atoms with van der Waals surface area (Å²) in [5, 5.41) is 0.347. The number of hydrogen-bond acceptors (Lipinski definition) is 1. The van der Waals surface area contributed by atoms with E-state index in [1.165, 1.54) is 11.1 Å². The van der Waals surface area contributed by atoms with Crippen molar-refractivity contribution < 1.29 is 0 Å². The summed E-state index contributed by atoms with van der Waals surface area (Å²) in [6.45, 7) is 4.18. The summed E-state index contributed by atoms with van der Waals surface area (Å²) in [5.41, 5.74) is 2.60. The van der Waals surface area contributed by atoms with Crippen molar-refractivity contribution >= 4 is 12.6 Å². The topological polar surface area (TPSA) is 0 Å². The molecule has 1 atom stereocenters. The average Bonchev–Trinajstić information content (AvgIpc) is 1.88. The minimum absolute atomic E-state index is 0.347. The van der Waals surface area contributed by atoms with E-state index in [4.69, 9.17) is 0 Å².